The van der Waals surface area contributed by atoms with Gasteiger partial charge in [0, 0.05) is 38.1 Å². The Hall–Kier alpha value is -3.73. The molecule has 1 atom stereocenters. The Morgan fingerprint density at radius 3 is 2.39 bits per heavy atom. The van der Waals surface area contributed by atoms with Crippen molar-refractivity contribution in [2.45, 2.75) is 57.0 Å². The maximum atomic E-state index is 13.7. The highest BCUT2D eigenvalue weighted by molar-refractivity contribution is 7.89. The molecule has 0 radical (unpaired) electrons. The molecule has 250 valence electrons. The maximum absolute atomic E-state index is 13.7. The van der Waals surface area contributed by atoms with E-state index in [4.69, 9.17) is 4.74 Å². The lowest BCUT2D eigenvalue weighted by atomic mass is 10.1. The third kappa shape index (κ3) is 9.88. The number of aromatic nitrogens is 1. The van der Waals surface area contributed by atoms with Crippen molar-refractivity contribution in [2.24, 2.45) is 0 Å². The Morgan fingerprint density at radius 1 is 1.04 bits per heavy atom. The number of carbonyl (C=O) groups excluding carboxylic acids is 2. The number of hydrogen-bond acceptors (Lipinski definition) is 9. The first-order valence-electron chi connectivity index (χ1n) is 14.7. The van der Waals surface area contributed by atoms with E-state index in [1.54, 1.807) is 12.3 Å². The van der Waals surface area contributed by atoms with Gasteiger partial charge in [-0.25, -0.2) is 18.2 Å². The normalized spacial score (nSPS) is 15.8. The highest BCUT2D eigenvalue weighted by atomic mass is 32.2. The third-order valence-corrected chi connectivity index (χ3v) is 9.82. The Kier molecular flexibility index (Phi) is 12.0. The number of benzene rings is 2. The van der Waals surface area contributed by atoms with Crippen molar-refractivity contribution in [3.8, 4) is 5.75 Å². The fourth-order valence-corrected chi connectivity index (χ4v) is 7.23. The summed E-state index contributed by atoms with van der Waals surface area (Å²) in [4.78, 5) is 30.5. The van der Waals surface area contributed by atoms with Gasteiger partial charge in [-0.05, 0) is 48.7 Å². The van der Waals surface area contributed by atoms with Crippen molar-refractivity contribution in [3.05, 3.63) is 70.7 Å². The van der Waals surface area contributed by atoms with Gasteiger partial charge in [-0.3, -0.25) is 10.1 Å². The Bertz CT molecular complexity index is 1570. The molecule has 1 aromatic heterocycles. The van der Waals surface area contributed by atoms with Gasteiger partial charge in [0.05, 0.1) is 29.7 Å². The maximum Gasteiger partial charge on any atom is 0.573 e. The smallest absolute Gasteiger partial charge is 0.466 e. The van der Waals surface area contributed by atoms with Gasteiger partial charge < -0.3 is 19.7 Å². The molecule has 4 rings (SSSR count). The number of ether oxygens (including phenoxy) is 2. The van der Waals surface area contributed by atoms with E-state index in [-0.39, 0.29) is 49.2 Å². The van der Waals surface area contributed by atoms with E-state index in [9.17, 15) is 31.2 Å². The number of anilines is 1. The van der Waals surface area contributed by atoms with Crippen molar-refractivity contribution in [2.75, 3.05) is 38.1 Å². The van der Waals surface area contributed by atoms with Gasteiger partial charge in [-0.2, -0.15) is 4.31 Å². The molecule has 1 aliphatic heterocycles. The molecule has 2 aromatic carbocycles. The molecule has 1 saturated heterocycles. The van der Waals surface area contributed by atoms with Crippen LogP contribution in [0.4, 0.5) is 23.1 Å². The van der Waals surface area contributed by atoms with E-state index in [1.807, 2.05) is 24.3 Å². The molecule has 0 bridgehead atoms. The number of nitrogens with zero attached hydrogens (tertiary/aromatic N) is 3. The van der Waals surface area contributed by atoms with E-state index in [2.05, 4.69) is 27.3 Å². The molecule has 0 saturated carbocycles. The third-order valence-electron chi connectivity index (χ3n) is 7.05. The van der Waals surface area contributed by atoms with Gasteiger partial charge in [-0.15, -0.1) is 24.5 Å². The predicted octanol–water partition coefficient (Wildman–Crippen LogP) is 4.80. The minimum atomic E-state index is -4.91. The number of aryl methyl sites for hydroxylation is 1. The van der Waals surface area contributed by atoms with Crippen LogP contribution in [0.25, 0.3) is 0 Å². The Labute approximate surface area is 269 Å². The van der Waals surface area contributed by atoms with Crippen molar-refractivity contribution < 1.29 is 40.7 Å². The quantitative estimate of drug-likeness (QED) is 0.246. The number of piperazine rings is 1. The number of alkyl halides is 3. The van der Waals surface area contributed by atoms with Crippen LogP contribution in [0.5, 0.6) is 5.75 Å². The number of sulfonamides is 1. The minimum Gasteiger partial charge on any atom is -0.466 e. The second-order valence-electron chi connectivity index (χ2n) is 10.5. The van der Waals surface area contributed by atoms with Crippen LogP contribution in [0.2, 0.25) is 0 Å². The van der Waals surface area contributed by atoms with Crippen LogP contribution in [0.1, 0.15) is 37.1 Å². The van der Waals surface area contributed by atoms with Gasteiger partial charge in [0.25, 0.3) is 0 Å². The summed E-state index contributed by atoms with van der Waals surface area (Å²) in [5.41, 5.74) is 2.67. The number of hydrogen-bond donors (Lipinski definition) is 2. The molecular formula is C30H36F3N5O6S2. The zero-order valence-electron chi connectivity index (χ0n) is 25.4. The molecule has 1 fully saturated rings. The van der Waals surface area contributed by atoms with Crippen LogP contribution in [-0.4, -0.2) is 79.8 Å². The first kappa shape index (κ1) is 35.1. The van der Waals surface area contributed by atoms with Gasteiger partial charge in [0.2, 0.25) is 10.0 Å². The number of rotatable bonds is 13. The molecule has 3 aromatic rings. The van der Waals surface area contributed by atoms with Crippen molar-refractivity contribution in [3.63, 3.8) is 0 Å². The van der Waals surface area contributed by atoms with Crippen LogP contribution in [-0.2, 0) is 38.9 Å². The monoisotopic (exact) mass is 683 g/mol. The first-order valence-corrected chi connectivity index (χ1v) is 17.0. The first-order chi connectivity index (χ1) is 21.9. The van der Waals surface area contributed by atoms with E-state index < -0.39 is 40.2 Å². The molecule has 2 N–H and O–H groups in total. The number of urea groups is 1. The molecule has 11 nitrogen and oxygen atoms in total. The van der Waals surface area contributed by atoms with Gasteiger partial charge >= 0.3 is 18.4 Å². The number of thiazole rings is 1. The lowest BCUT2D eigenvalue weighted by Gasteiger charge is -2.40. The van der Waals surface area contributed by atoms with E-state index in [0.717, 1.165) is 54.0 Å². The highest BCUT2D eigenvalue weighted by Crippen LogP contribution is 2.27. The van der Waals surface area contributed by atoms with Gasteiger partial charge in [0.1, 0.15) is 5.75 Å². The molecule has 0 unspecified atom stereocenters. The summed E-state index contributed by atoms with van der Waals surface area (Å²) in [6, 6.07) is 10.9. The average molecular weight is 684 g/mol. The van der Waals surface area contributed by atoms with E-state index in [0.29, 0.717) is 12.2 Å². The van der Waals surface area contributed by atoms with Crippen LogP contribution in [0, 0.1) is 0 Å². The standard InChI is InChI=1S/C30H36F3N5O6S2/c1-3-5-21-6-8-22(9-7-21)17-34-18-24-19-37(29(40)36-28-35-23(20-45-28)16-27(39)43-4-2)14-15-38(24)46(41,42)26-12-10-25(11-13-26)44-30(31,32)33/h6-13,20,24,34H,3-5,14-19H2,1-2H3,(H,35,36,40)/t24-/m0/s1. The molecule has 0 aliphatic carbocycles. The van der Waals surface area contributed by atoms with Crippen LogP contribution >= 0.6 is 11.3 Å². The fourth-order valence-electron chi connectivity index (χ4n) is 4.93. The van der Waals surface area contributed by atoms with Crippen LogP contribution < -0.4 is 15.4 Å². The van der Waals surface area contributed by atoms with E-state index in [1.165, 1.54) is 14.8 Å². The number of amides is 2. The summed E-state index contributed by atoms with van der Waals surface area (Å²) in [6.45, 7) is 4.72. The predicted molar refractivity (Wildman–Crippen MR) is 166 cm³/mol. The molecule has 16 heteroatoms. The second-order valence-corrected chi connectivity index (χ2v) is 13.2. The molecular weight excluding hydrogens is 647 g/mol. The topological polar surface area (TPSA) is 130 Å². The number of esters is 1. The lowest BCUT2D eigenvalue weighted by Crippen LogP contribution is -2.59. The Morgan fingerprint density at radius 2 is 1.74 bits per heavy atom. The summed E-state index contributed by atoms with van der Waals surface area (Å²) < 4.78 is 75.3. The SMILES string of the molecule is CCCc1ccc(CNC[C@H]2CN(C(=O)Nc3nc(CC(=O)OCC)cs3)CCN2S(=O)(=O)c2ccc(OC(F)(F)F)cc2)cc1. The lowest BCUT2D eigenvalue weighted by molar-refractivity contribution is -0.274. The molecule has 0 spiro atoms. The average Bonchev–Trinajstić information content (AvgIpc) is 3.43. The molecule has 46 heavy (non-hydrogen) atoms. The minimum absolute atomic E-state index is 0.0316. The number of carbonyl (C=O) groups is 2. The van der Waals surface area contributed by atoms with Crippen molar-refractivity contribution in [1.82, 2.24) is 19.5 Å². The summed E-state index contributed by atoms with van der Waals surface area (Å²) in [5, 5.41) is 7.92. The summed E-state index contributed by atoms with van der Waals surface area (Å²) in [5.74, 6) is -0.971. The van der Waals surface area contributed by atoms with Gasteiger partial charge in [0.15, 0.2) is 5.13 Å². The van der Waals surface area contributed by atoms with Crippen LogP contribution in [0.15, 0.2) is 58.8 Å². The zero-order valence-corrected chi connectivity index (χ0v) is 27.0. The summed E-state index contributed by atoms with van der Waals surface area (Å²) in [6.07, 6.45) is -2.94. The molecule has 2 amide bonds. The van der Waals surface area contributed by atoms with Crippen LogP contribution in [0.3, 0.4) is 0 Å². The number of halogens is 3. The van der Waals surface area contributed by atoms with E-state index >= 15 is 0 Å². The molecule has 1 aliphatic rings. The summed E-state index contributed by atoms with van der Waals surface area (Å²) >= 11 is 1.15. The largest absolute Gasteiger partial charge is 0.573 e. The number of nitrogens with one attached hydrogen (secondary N) is 2. The Balaban J connectivity index is 1.47. The van der Waals surface area contributed by atoms with Crippen molar-refractivity contribution in [1.29, 1.82) is 0 Å². The van der Waals surface area contributed by atoms with Gasteiger partial charge in [-0.1, -0.05) is 37.6 Å². The zero-order chi connectivity index (χ0) is 33.3. The summed E-state index contributed by atoms with van der Waals surface area (Å²) in [7, 11) is -4.16. The van der Waals surface area contributed by atoms with Crippen molar-refractivity contribution >= 4 is 38.5 Å². The highest BCUT2D eigenvalue weighted by Gasteiger charge is 2.38. The fraction of sp³-hybridized carbons (Fsp3) is 0.433. The second kappa shape index (κ2) is 15.7. The molecule has 2 heterocycles.